The molecule has 32 heavy (non-hydrogen) atoms. The smallest absolute Gasteiger partial charge is 0.335 e. The molecular weight excluding hydrogens is 456 g/mol. The van der Waals surface area contributed by atoms with Gasteiger partial charge in [-0.05, 0) is 48.0 Å². The number of carboxylic acid groups (broad SMARTS) is 1. The molecule has 1 aliphatic rings. The van der Waals surface area contributed by atoms with E-state index in [-0.39, 0.29) is 33.7 Å². The Bertz CT molecular complexity index is 1100. The third-order valence-corrected chi connectivity index (χ3v) is 5.77. The lowest BCUT2D eigenvalue weighted by molar-refractivity contribution is -0.126. The largest absolute Gasteiger partial charge is 0.502 e. The molecule has 1 heterocycles. The van der Waals surface area contributed by atoms with Crippen molar-refractivity contribution in [2.24, 2.45) is 0 Å². The number of carbonyl (C=O) groups is 3. The maximum Gasteiger partial charge on any atom is 0.335 e. The number of phenolic OH excluding ortho intramolecular Hbond substituents is 1. The summed E-state index contributed by atoms with van der Waals surface area (Å²) in [5.74, 6) is -1.80. The van der Waals surface area contributed by atoms with Gasteiger partial charge in [0.25, 0.3) is 5.91 Å². The van der Waals surface area contributed by atoms with Gasteiger partial charge in [0.1, 0.15) is 10.9 Å². The number of thioether (sulfide) groups is 1. The van der Waals surface area contributed by atoms with Crippen molar-refractivity contribution in [3.8, 4) is 17.2 Å². The molecule has 2 amide bonds. The molecule has 11 heteroatoms. The molecule has 0 saturated carbocycles. The second kappa shape index (κ2) is 9.71. The van der Waals surface area contributed by atoms with Crippen LogP contribution in [-0.2, 0) is 9.59 Å². The van der Waals surface area contributed by atoms with E-state index in [9.17, 15) is 19.5 Å². The number of aromatic carboxylic acids is 1. The van der Waals surface area contributed by atoms with Crippen LogP contribution in [0.4, 0.5) is 5.69 Å². The molecule has 0 radical (unpaired) electrons. The number of rotatable bonds is 7. The highest BCUT2D eigenvalue weighted by molar-refractivity contribution is 8.26. The number of anilines is 1. The highest BCUT2D eigenvalue weighted by Gasteiger charge is 2.33. The van der Waals surface area contributed by atoms with Gasteiger partial charge in [-0.3, -0.25) is 14.5 Å². The third-order valence-electron chi connectivity index (χ3n) is 4.39. The van der Waals surface area contributed by atoms with Crippen LogP contribution >= 0.6 is 24.0 Å². The normalized spacial score (nSPS) is 14.6. The number of thiocarbonyl (C=S) groups is 1. The van der Waals surface area contributed by atoms with Gasteiger partial charge in [0.15, 0.2) is 11.5 Å². The van der Waals surface area contributed by atoms with Gasteiger partial charge in [-0.1, -0.05) is 24.0 Å². The van der Waals surface area contributed by atoms with E-state index in [1.54, 1.807) is 6.08 Å². The fourth-order valence-electron chi connectivity index (χ4n) is 2.83. The summed E-state index contributed by atoms with van der Waals surface area (Å²) in [5.41, 5.74) is 1.02. The van der Waals surface area contributed by atoms with E-state index in [0.717, 1.165) is 11.8 Å². The molecule has 166 valence electrons. The molecule has 2 aromatic rings. The lowest BCUT2D eigenvalue weighted by Gasteiger charge is -2.14. The number of ether oxygens (including phenoxy) is 2. The molecule has 1 fully saturated rings. The summed E-state index contributed by atoms with van der Waals surface area (Å²) in [6, 6.07) is 8.71. The molecule has 0 spiro atoms. The monoisotopic (exact) mass is 474 g/mol. The van der Waals surface area contributed by atoms with Crippen LogP contribution in [-0.4, -0.2) is 58.0 Å². The van der Waals surface area contributed by atoms with Crippen LogP contribution < -0.4 is 14.8 Å². The first-order valence-corrected chi connectivity index (χ1v) is 10.3. The molecule has 3 N–H and O–H groups in total. The second-order valence-corrected chi connectivity index (χ2v) is 8.15. The number of carboxylic acids is 1. The molecule has 0 aromatic heterocycles. The average molecular weight is 475 g/mol. The first kappa shape index (κ1) is 23.1. The Kier molecular flexibility index (Phi) is 7.01. The van der Waals surface area contributed by atoms with E-state index in [4.69, 9.17) is 26.8 Å². The van der Waals surface area contributed by atoms with Gasteiger partial charge >= 0.3 is 5.97 Å². The minimum Gasteiger partial charge on any atom is -0.502 e. The fraction of sp³-hybridized carbons (Fsp3) is 0.143. The highest BCUT2D eigenvalue weighted by atomic mass is 32.2. The van der Waals surface area contributed by atoms with Crippen molar-refractivity contribution < 1.29 is 34.1 Å². The van der Waals surface area contributed by atoms with E-state index >= 15 is 0 Å². The van der Waals surface area contributed by atoms with Crippen molar-refractivity contribution in [1.82, 2.24) is 4.90 Å². The molecule has 0 atom stereocenters. The summed E-state index contributed by atoms with van der Waals surface area (Å²) >= 11 is 6.29. The van der Waals surface area contributed by atoms with Crippen LogP contribution in [0.5, 0.6) is 17.2 Å². The second-order valence-electron chi connectivity index (χ2n) is 6.47. The quantitative estimate of drug-likeness (QED) is 0.410. The summed E-state index contributed by atoms with van der Waals surface area (Å²) in [5, 5.41) is 21.6. The zero-order valence-corrected chi connectivity index (χ0v) is 18.6. The predicted molar refractivity (Wildman–Crippen MR) is 123 cm³/mol. The molecule has 3 rings (SSSR count). The molecule has 1 saturated heterocycles. The van der Waals surface area contributed by atoms with Gasteiger partial charge in [-0.15, -0.1) is 0 Å². The molecule has 0 bridgehead atoms. The van der Waals surface area contributed by atoms with E-state index in [1.807, 2.05) is 0 Å². The van der Waals surface area contributed by atoms with Gasteiger partial charge in [-0.25, -0.2) is 4.79 Å². The summed E-state index contributed by atoms with van der Waals surface area (Å²) in [6.07, 6.45) is 1.56. The first-order valence-electron chi connectivity index (χ1n) is 9.07. The van der Waals surface area contributed by atoms with Gasteiger partial charge < -0.3 is 25.0 Å². The van der Waals surface area contributed by atoms with Crippen molar-refractivity contribution >= 4 is 57.8 Å². The Morgan fingerprint density at radius 1 is 1.16 bits per heavy atom. The maximum atomic E-state index is 12.8. The van der Waals surface area contributed by atoms with Crippen LogP contribution in [0.1, 0.15) is 15.9 Å². The lowest BCUT2D eigenvalue weighted by Crippen LogP contribution is -2.36. The van der Waals surface area contributed by atoms with Crippen molar-refractivity contribution in [2.75, 3.05) is 26.1 Å². The third kappa shape index (κ3) is 5.01. The number of methoxy groups -OCH3 is 2. The van der Waals surface area contributed by atoms with Gasteiger partial charge in [0, 0.05) is 5.69 Å². The SMILES string of the molecule is COc1cc(/C=C2\SC(=S)N(CC(=O)Nc3ccc(C(=O)O)cc3)C2=O)cc(OC)c1O. The van der Waals surface area contributed by atoms with Crippen molar-refractivity contribution in [3.63, 3.8) is 0 Å². The summed E-state index contributed by atoms with van der Waals surface area (Å²) < 4.78 is 10.5. The van der Waals surface area contributed by atoms with Crippen molar-refractivity contribution in [3.05, 3.63) is 52.4 Å². The number of hydrogen-bond donors (Lipinski definition) is 3. The van der Waals surface area contributed by atoms with E-state index in [0.29, 0.717) is 16.2 Å². The minimum absolute atomic E-state index is 0.0903. The molecule has 9 nitrogen and oxygen atoms in total. The zero-order valence-electron chi connectivity index (χ0n) is 16.9. The van der Waals surface area contributed by atoms with Crippen molar-refractivity contribution in [2.45, 2.75) is 0 Å². The average Bonchev–Trinajstić information content (AvgIpc) is 3.02. The Hall–Kier alpha value is -3.57. The number of phenols is 1. The van der Waals surface area contributed by atoms with Gasteiger partial charge in [0.05, 0.1) is 24.7 Å². The van der Waals surface area contributed by atoms with Crippen LogP contribution in [0.15, 0.2) is 41.3 Å². The summed E-state index contributed by atoms with van der Waals surface area (Å²) in [4.78, 5) is 37.5. The fourth-order valence-corrected chi connectivity index (χ4v) is 4.08. The number of aromatic hydroxyl groups is 1. The molecule has 0 unspecified atom stereocenters. The predicted octanol–water partition coefficient (Wildman–Crippen LogP) is 2.95. The number of carbonyl (C=O) groups excluding carboxylic acids is 2. The van der Waals surface area contributed by atoms with Gasteiger partial charge in [0.2, 0.25) is 11.7 Å². The number of hydrogen-bond acceptors (Lipinski definition) is 8. The standard InChI is InChI=1S/C21H18N2O7S2/c1-29-14-7-11(8-15(30-2)18(14)25)9-16-19(26)23(21(31)32-16)10-17(24)22-13-5-3-12(4-6-13)20(27)28/h3-9,25H,10H2,1-2H3,(H,22,24)(H,27,28)/b16-9-. The minimum atomic E-state index is -1.07. The lowest BCUT2D eigenvalue weighted by atomic mass is 10.1. The summed E-state index contributed by atoms with van der Waals surface area (Å²) in [7, 11) is 2.79. The Balaban J connectivity index is 1.73. The molecule has 0 aliphatic carbocycles. The van der Waals surface area contributed by atoms with E-state index < -0.39 is 17.8 Å². The number of nitrogens with zero attached hydrogens (tertiary/aromatic N) is 1. The zero-order chi connectivity index (χ0) is 23.4. The first-order chi connectivity index (χ1) is 15.2. The van der Waals surface area contributed by atoms with Crippen molar-refractivity contribution in [1.29, 1.82) is 0 Å². The van der Waals surface area contributed by atoms with Crippen LogP contribution in [0.2, 0.25) is 0 Å². The number of amides is 2. The van der Waals surface area contributed by atoms with Crippen LogP contribution in [0, 0.1) is 0 Å². The van der Waals surface area contributed by atoms with Crippen LogP contribution in [0.25, 0.3) is 6.08 Å². The maximum absolute atomic E-state index is 12.8. The summed E-state index contributed by atoms with van der Waals surface area (Å²) in [6.45, 7) is -0.301. The number of nitrogens with one attached hydrogen (secondary N) is 1. The van der Waals surface area contributed by atoms with E-state index in [1.165, 1.54) is 55.5 Å². The molecule has 2 aromatic carbocycles. The Labute approximate surface area is 192 Å². The van der Waals surface area contributed by atoms with E-state index in [2.05, 4.69) is 5.32 Å². The highest BCUT2D eigenvalue weighted by Crippen LogP contribution is 2.39. The topological polar surface area (TPSA) is 125 Å². The van der Waals surface area contributed by atoms with Crippen LogP contribution in [0.3, 0.4) is 0 Å². The molecular formula is C21H18N2O7S2. The van der Waals surface area contributed by atoms with Gasteiger partial charge in [-0.2, -0.15) is 0 Å². The number of benzene rings is 2. The Morgan fingerprint density at radius 2 is 1.75 bits per heavy atom. The Morgan fingerprint density at radius 3 is 2.28 bits per heavy atom. The molecule has 1 aliphatic heterocycles.